The maximum absolute atomic E-state index is 13.1. The second kappa shape index (κ2) is 6.07. The summed E-state index contributed by atoms with van der Waals surface area (Å²) in [5.74, 6) is 0.811. The molecule has 1 nitrogen and oxygen atoms in total. The van der Waals surface area contributed by atoms with Gasteiger partial charge in [0, 0.05) is 16.7 Å². The van der Waals surface area contributed by atoms with Gasteiger partial charge in [0.2, 0.25) is 0 Å². The second-order valence-electron chi connectivity index (χ2n) is 4.41. The van der Waals surface area contributed by atoms with E-state index in [4.69, 9.17) is 11.6 Å². The van der Waals surface area contributed by atoms with Crippen LogP contribution in [-0.2, 0) is 6.42 Å². The van der Waals surface area contributed by atoms with Gasteiger partial charge >= 0.3 is 0 Å². The van der Waals surface area contributed by atoms with Gasteiger partial charge in [-0.25, -0.2) is 4.39 Å². The zero-order chi connectivity index (χ0) is 12.3. The summed E-state index contributed by atoms with van der Waals surface area (Å²) in [7, 11) is 0. The molecule has 0 saturated carbocycles. The van der Waals surface area contributed by atoms with Gasteiger partial charge in [-0.2, -0.15) is 11.8 Å². The van der Waals surface area contributed by atoms with Crippen molar-refractivity contribution in [2.75, 3.05) is 5.75 Å². The van der Waals surface area contributed by atoms with Crippen LogP contribution in [0.25, 0.3) is 0 Å². The van der Waals surface area contributed by atoms with E-state index in [1.807, 2.05) is 11.8 Å². The number of rotatable bonds is 3. The molecule has 17 heavy (non-hydrogen) atoms. The Labute approximate surface area is 110 Å². The molecule has 1 fully saturated rings. The lowest BCUT2D eigenvalue weighted by Gasteiger charge is -2.26. The van der Waals surface area contributed by atoms with Gasteiger partial charge in [0.05, 0.1) is 6.10 Å². The summed E-state index contributed by atoms with van der Waals surface area (Å²) in [6.45, 7) is 0. The predicted molar refractivity (Wildman–Crippen MR) is 71.2 cm³/mol. The van der Waals surface area contributed by atoms with Gasteiger partial charge in [-0.15, -0.1) is 0 Å². The Morgan fingerprint density at radius 3 is 3.00 bits per heavy atom. The third-order valence-electron chi connectivity index (χ3n) is 3.08. The fourth-order valence-electron chi connectivity index (χ4n) is 2.13. The average Bonchev–Trinajstić information content (AvgIpc) is 2.35. The van der Waals surface area contributed by atoms with Gasteiger partial charge in [0.15, 0.2) is 0 Å². The Kier molecular flexibility index (Phi) is 4.71. The van der Waals surface area contributed by atoms with E-state index in [-0.39, 0.29) is 11.1 Å². The van der Waals surface area contributed by atoms with Crippen LogP contribution < -0.4 is 0 Å². The number of benzene rings is 1. The molecule has 2 rings (SSSR count). The molecule has 1 heterocycles. The van der Waals surface area contributed by atoms with Crippen LogP contribution in [0.3, 0.4) is 0 Å². The molecule has 0 aliphatic carbocycles. The minimum absolute atomic E-state index is 0.267. The van der Waals surface area contributed by atoms with Crippen molar-refractivity contribution >= 4 is 23.4 Å². The molecule has 1 aromatic carbocycles. The Balaban J connectivity index is 2.01. The summed E-state index contributed by atoms with van der Waals surface area (Å²) in [5, 5.41) is 10.9. The first-order chi connectivity index (χ1) is 8.16. The first-order valence-electron chi connectivity index (χ1n) is 5.90. The lowest BCUT2D eigenvalue weighted by molar-refractivity contribution is 0.166. The van der Waals surface area contributed by atoms with Crippen molar-refractivity contribution in [1.82, 2.24) is 0 Å². The molecule has 1 aliphatic heterocycles. The fraction of sp³-hybridized carbons (Fsp3) is 0.538. The zero-order valence-corrected chi connectivity index (χ0v) is 11.1. The average molecular weight is 275 g/mol. The number of thioether (sulfide) groups is 1. The topological polar surface area (TPSA) is 20.2 Å². The van der Waals surface area contributed by atoms with Crippen molar-refractivity contribution in [2.24, 2.45) is 0 Å². The highest BCUT2D eigenvalue weighted by atomic mass is 35.5. The summed E-state index contributed by atoms with van der Waals surface area (Å²) >= 11 is 7.81. The molecule has 2 unspecified atom stereocenters. The number of aliphatic hydroxyl groups is 1. The Hall–Kier alpha value is -0.250. The van der Waals surface area contributed by atoms with E-state index in [1.165, 1.54) is 25.0 Å². The van der Waals surface area contributed by atoms with E-state index in [0.717, 1.165) is 12.2 Å². The SMILES string of the molecule is OC(Cc1cc(F)ccc1Cl)C1CCCCS1. The van der Waals surface area contributed by atoms with E-state index in [9.17, 15) is 9.50 Å². The molecule has 0 aromatic heterocycles. The summed E-state index contributed by atoms with van der Waals surface area (Å²) in [6, 6.07) is 4.31. The Morgan fingerprint density at radius 1 is 1.47 bits per heavy atom. The quantitative estimate of drug-likeness (QED) is 0.908. The predicted octanol–water partition coefficient (Wildman–Crippen LogP) is 3.67. The smallest absolute Gasteiger partial charge is 0.123 e. The van der Waals surface area contributed by atoms with Crippen LogP contribution >= 0.6 is 23.4 Å². The molecule has 0 radical (unpaired) electrons. The van der Waals surface area contributed by atoms with Crippen LogP contribution in [0, 0.1) is 5.82 Å². The standard InChI is InChI=1S/C13H16ClFOS/c14-11-5-4-10(15)7-9(11)8-12(16)13-3-1-2-6-17-13/h4-5,7,12-13,16H,1-3,6,8H2. The summed E-state index contributed by atoms with van der Waals surface area (Å²) < 4.78 is 13.1. The maximum atomic E-state index is 13.1. The van der Waals surface area contributed by atoms with E-state index in [0.29, 0.717) is 17.0 Å². The molecule has 1 aliphatic rings. The lowest BCUT2D eigenvalue weighted by atomic mass is 10.0. The van der Waals surface area contributed by atoms with Crippen molar-refractivity contribution in [2.45, 2.75) is 37.0 Å². The number of hydrogen-bond donors (Lipinski definition) is 1. The van der Waals surface area contributed by atoms with Gasteiger partial charge in [0.1, 0.15) is 5.82 Å². The van der Waals surface area contributed by atoms with Crippen molar-refractivity contribution in [1.29, 1.82) is 0 Å². The molecule has 94 valence electrons. The van der Waals surface area contributed by atoms with Crippen molar-refractivity contribution in [3.05, 3.63) is 34.6 Å². The minimum atomic E-state index is -0.431. The minimum Gasteiger partial charge on any atom is -0.392 e. The van der Waals surface area contributed by atoms with E-state index in [1.54, 1.807) is 6.07 Å². The van der Waals surface area contributed by atoms with Crippen LogP contribution in [0.2, 0.25) is 5.02 Å². The van der Waals surface area contributed by atoms with Crippen LogP contribution in [0.15, 0.2) is 18.2 Å². The fourth-order valence-corrected chi connectivity index (χ4v) is 3.65. The van der Waals surface area contributed by atoms with Crippen molar-refractivity contribution < 1.29 is 9.50 Å². The monoisotopic (exact) mass is 274 g/mol. The van der Waals surface area contributed by atoms with Crippen molar-refractivity contribution in [3.8, 4) is 0 Å². The molecular formula is C13H16ClFOS. The normalized spacial score (nSPS) is 22.4. The number of halogens is 2. The first-order valence-corrected chi connectivity index (χ1v) is 7.33. The second-order valence-corrected chi connectivity index (χ2v) is 6.17. The lowest BCUT2D eigenvalue weighted by Crippen LogP contribution is -2.28. The molecule has 1 saturated heterocycles. The van der Waals surface area contributed by atoms with Gasteiger partial charge in [0.25, 0.3) is 0 Å². The van der Waals surface area contributed by atoms with Gasteiger partial charge in [-0.05, 0) is 42.4 Å². The molecule has 1 N–H and O–H groups in total. The highest BCUT2D eigenvalue weighted by molar-refractivity contribution is 8.00. The highest BCUT2D eigenvalue weighted by Crippen LogP contribution is 2.30. The third kappa shape index (κ3) is 3.60. The zero-order valence-electron chi connectivity index (χ0n) is 9.53. The van der Waals surface area contributed by atoms with Crippen molar-refractivity contribution in [3.63, 3.8) is 0 Å². The van der Waals surface area contributed by atoms with Gasteiger partial charge < -0.3 is 5.11 Å². The summed E-state index contributed by atoms with van der Waals surface area (Å²) in [4.78, 5) is 0. The Morgan fingerprint density at radius 2 is 2.29 bits per heavy atom. The first kappa shape index (κ1) is 13.2. The van der Waals surface area contributed by atoms with E-state index < -0.39 is 6.10 Å². The van der Waals surface area contributed by atoms with Gasteiger partial charge in [-0.1, -0.05) is 18.0 Å². The third-order valence-corrected chi connectivity index (χ3v) is 4.95. The van der Waals surface area contributed by atoms with Crippen LogP contribution in [-0.4, -0.2) is 22.2 Å². The summed E-state index contributed by atoms with van der Waals surface area (Å²) in [6.07, 6.45) is 3.45. The molecule has 0 amide bonds. The highest BCUT2D eigenvalue weighted by Gasteiger charge is 2.23. The molecule has 4 heteroatoms. The summed E-state index contributed by atoms with van der Waals surface area (Å²) in [5.41, 5.74) is 0.699. The number of aliphatic hydroxyl groups excluding tert-OH is 1. The van der Waals surface area contributed by atoms with Gasteiger partial charge in [-0.3, -0.25) is 0 Å². The van der Waals surface area contributed by atoms with Crippen LogP contribution in [0.5, 0.6) is 0 Å². The van der Waals surface area contributed by atoms with Crippen LogP contribution in [0.4, 0.5) is 4.39 Å². The number of hydrogen-bond acceptors (Lipinski definition) is 2. The van der Waals surface area contributed by atoms with E-state index in [2.05, 4.69) is 0 Å². The molecule has 2 atom stereocenters. The largest absolute Gasteiger partial charge is 0.392 e. The molecule has 0 bridgehead atoms. The van der Waals surface area contributed by atoms with Crippen LogP contribution in [0.1, 0.15) is 24.8 Å². The molecule has 1 aromatic rings. The Bertz CT molecular complexity index is 380. The molecular weight excluding hydrogens is 259 g/mol. The van der Waals surface area contributed by atoms with E-state index >= 15 is 0 Å². The maximum Gasteiger partial charge on any atom is 0.123 e. The molecule has 0 spiro atoms.